The number of nitrogens with zero attached hydrogens (tertiary/aromatic N) is 3. The maximum atomic E-state index is 12.4. The summed E-state index contributed by atoms with van der Waals surface area (Å²) in [5.41, 5.74) is 3.11. The summed E-state index contributed by atoms with van der Waals surface area (Å²) in [4.78, 5) is 11.2. The number of alkyl halides is 3. The SMILES string of the molecule is CNc1cc(-c2cnc(C(F)(F)F)nc2)cnc1C1CC1. The lowest BCUT2D eigenvalue weighted by Crippen LogP contribution is -2.10. The second kappa shape index (κ2) is 4.98. The quantitative estimate of drug-likeness (QED) is 0.941. The number of halogens is 3. The molecule has 1 aliphatic rings. The molecule has 0 atom stereocenters. The van der Waals surface area contributed by atoms with Crippen molar-refractivity contribution in [3.8, 4) is 11.1 Å². The Morgan fingerprint density at radius 2 is 1.67 bits per heavy atom. The molecular weight excluding hydrogens is 281 g/mol. The summed E-state index contributed by atoms with van der Waals surface area (Å²) in [6.07, 6.45) is 1.73. The van der Waals surface area contributed by atoms with Gasteiger partial charge in [-0.1, -0.05) is 0 Å². The molecule has 0 amide bonds. The van der Waals surface area contributed by atoms with Gasteiger partial charge in [0, 0.05) is 42.7 Å². The van der Waals surface area contributed by atoms with Crippen LogP contribution in [0.4, 0.5) is 18.9 Å². The number of nitrogens with one attached hydrogen (secondary N) is 1. The fraction of sp³-hybridized carbons (Fsp3) is 0.357. The van der Waals surface area contributed by atoms with Gasteiger partial charge in [-0.05, 0) is 18.9 Å². The summed E-state index contributed by atoms with van der Waals surface area (Å²) >= 11 is 0. The third kappa shape index (κ3) is 2.81. The van der Waals surface area contributed by atoms with E-state index in [-0.39, 0.29) is 0 Å². The maximum Gasteiger partial charge on any atom is 0.451 e. The molecule has 7 heteroatoms. The van der Waals surface area contributed by atoms with Gasteiger partial charge in [0.2, 0.25) is 5.82 Å². The van der Waals surface area contributed by atoms with E-state index >= 15 is 0 Å². The number of aromatic nitrogens is 3. The molecule has 2 aromatic heterocycles. The molecule has 0 bridgehead atoms. The Morgan fingerprint density at radius 1 is 1.05 bits per heavy atom. The van der Waals surface area contributed by atoms with Crippen LogP contribution in [0.5, 0.6) is 0 Å². The van der Waals surface area contributed by atoms with Crippen molar-refractivity contribution in [2.45, 2.75) is 24.9 Å². The molecule has 1 aliphatic carbocycles. The third-order valence-electron chi connectivity index (χ3n) is 3.39. The van der Waals surface area contributed by atoms with Gasteiger partial charge >= 0.3 is 6.18 Å². The van der Waals surface area contributed by atoms with E-state index in [9.17, 15) is 13.2 Å². The highest BCUT2D eigenvalue weighted by Gasteiger charge is 2.34. The minimum Gasteiger partial charge on any atom is -0.387 e. The van der Waals surface area contributed by atoms with Crippen LogP contribution in [0.15, 0.2) is 24.7 Å². The van der Waals surface area contributed by atoms with Gasteiger partial charge in [0.25, 0.3) is 0 Å². The van der Waals surface area contributed by atoms with Crippen LogP contribution in [0, 0.1) is 0 Å². The van der Waals surface area contributed by atoms with Crippen molar-refractivity contribution in [2.24, 2.45) is 0 Å². The molecule has 1 fully saturated rings. The number of hydrogen-bond donors (Lipinski definition) is 1. The molecule has 0 aromatic carbocycles. The van der Waals surface area contributed by atoms with Crippen LogP contribution in [0.3, 0.4) is 0 Å². The Morgan fingerprint density at radius 3 is 2.19 bits per heavy atom. The summed E-state index contributed by atoms with van der Waals surface area (Å²) in [6.45, 7) is 0. The monoisotopic (exact) mass is 294 g/mol. The zero-order valence-electron chi connectivity index (χ0n) is 11.3. The normalized spacial score (nSPS) is 15.0. The van der Waals surface area contributed by atoms with Crippen molar-refractivity contribution in [2.75, 3.05) is 12.4 Å². The van der Waals surface area contributed by atoms with Crippen LogP contribution in [0.2, 0.25) is 0 Å². The van der Waals surface area contributed by atoms with Crippen LogP contribution in [0.1, 0.15) is 30.3 Å². The van der Waals surface area contributed by atoms with Gasteiger partial charge < -0.3 is 5.32 Å². The molecule has 4 nitrogen and oxygen atoms in total. The number of rotatable bonds is 3. The van der Waals surface area contributed by atoms with E-state index in [1.165, 1.54) is 12.4 Å². The van der Waals surface area contributed by atoms with Crippen molar-refractivity contribution < 1.29 is 13.2 Å². The predicted octanol–water partition coefficient (Wildman–Crippen LogP) is 3.48. The van der Waals surface area contributed by atoms with Gasteiger partial charge in [0.1, 0.15) is 0 Å². The van der Waals surface area contributed by atoms with Gasteiger partial charge in [-0.2, -0.15) is 13.2 Å². The zero-order valence-corrected chi connectivity index (χ0v) is 11.3. The van der Waals surface area contributed by atoms with Crippen LogP contribution < -0.4 is 5.32 Å². The molecule has 0 unspecified atom stereocenters. The van der Waals surface area contributed by atoms with Crippen molar-refractivity contribution in [1.29, 1.82) is 0 Å². The van der Waals surface area contributed by atoms with Crippen molar-refractivity contribution in [3.05, 3.63) is 36.2 Å². The summed E-state index contributed by atoms with van der Waals surface area (Å²) in [5, 5.41) is 3.08. The molecule has 1 N–H and O–H groups in total. The Bertz CT molecular complexity index is 648. The lowest BCUT2D eigenvalue weighted by atomic mass is 10.1. The van der Waals surface area contributed by atoms with E-state index in [0.29, 0.717) is 17.0 Å². The molecule has 2 heterocycles. The van der Waals surface area contributed by atoms with Crippen LogP contribution in [0.25, 0.3) is 11.1 Å². The summed E-state index contributed by atoms with van der Waals surface area (Å²) in [5.74, 6) is -0.645. The Labute approximate surface area is 119 Å². The molecule has 21 heavy (non-hydrogen) atoms. The minimum absolute atomic E-state index is 0.491. The smallest absolute Gasteiger partial charge is 0.387 e. The van der Waals surface area contributed by atoms with E-state index in [1.54, 1.807) is 13.2 Å². The summed E-state index contributed by atoms with van der Waals surface area (Å²) in [6, 6.07) is 1.87. The Balaban J connectivity index is 1.93. The predicted molar refractivity (Wildman–Crippen MR) is 71.8 cm³/mol. The highest BCUT2D eigenvalue weighted by molar-refractivity contribution is 5.67. The first-order valence-corrected chi connectivity index (χ1v) is 6.56. The molecular formula is C14H13F3N4. The van der Waals surface area contributed by atoms with Crippen molar-refractivity contribution >= 4 is 5.69 Å². The van der Waals surface area contributed by atoms with E-state index in [4.69, 9.17) is 0 Å². The zero-order chi connectivity index (χ0) is 15.0. The lowest BCUT2D eigenvalue weighted by Gasteiger charge is -2.10. The second-order valence-corrected chi connectivity index (χ2v) is 4.97. The highest BCUT2D eigenvalue weighted by Crippen LogP contribution is 2.42. The first-order chi connectivity index (χ1) is 9.99. The topological polar surface area (TPSA) is 50.7 Å². The average Bonchev–Trinajstić information content (AvgIpc) is 3.30. The summed E-state index contributed by atoms with van der Waals surface area (Å²) < 4.78 is 37.3. The molecule has 0 spiro atoms. The molecule has 0 aliphatic heterocycles. The Kier molecular flexibility index (Phi) is 3.27. The third-order valence-corrected chi connectivity index (χ3v) is 3.39. The molecule has 1 saturated carbocycles. The van der Waals surface area contributed by atoms with E-state index < -0.39 is 12.0 Å². The second-order valence-electron chi connectivity index (χ2n) is 4.97. The van der Waals surface area contributed by atoms with Crippen LogP contribution >= 0.6 is 0 Å². The molecule has 110 valence electrons. The maximum absolute atomic E-state index is 12.4. The van der Waals surface area contributed by atoms with Gasteiger partial charge in [0.15, 0.2) is 0 Å². The van der Waals surface area contributed by atoms with E-state index in [2.05, 4.69) is 20.3 Å². The first kappa shape index (κ1) is 13.8. The Hall–Kier alpha value is -2.18. The molecule has 3 rings (SSSR count). The molecule has 0 radical (unpaired) electrons. The van der Waals surface area contributed by atoms with Crippen LogP contribution in [-0.2, 0) is 6.18 Å². The van der Waals surface area contributed by atoms with Gasteiger partial charge in [-0.25, -0.2) is 9.97 Å². The van der Waals surface area contributed by atoms with E-state index in [1.807, 2.05) is 6.07 Å². The standard InChI is InChI=1S/C14H13F3N4/c1-18-11-4-9(5-19-12(11)8-2-3-8)10-6-20-13(21-7-10)14(15,16)17/h4-8,18H,2-3H2,1H3. The largest absolute Gasteiger partial charge is 0.451 e. The number of anilines is 1. The highest BCUT2D eigenvalue weighted by atomic mass is 19.4. The summed E-state index contributed by atoms with van der Waals surface area (Å²) in [7, 11) is 1.80. The van der Waals surface area contributed by atoms with Crippen molar-refractivity contribution in [3.63, 3.8) is 0 Å². The van der Waals surface area contributed by atoms with Crippen molar-refractivity contribution in [1.82, 2.24) is 15.0 Å². The fourth-order valence-corrected chi connectivity index (χ4v) is 2.14. The van der Waals surface area contributed by atoms with Gasteiger partial charge in [-0.3, -0.25) is 4.98 Å². The average molecular weight is 294 g/mol. The fourth-order valence-electron chi connectivity index (χ4n) is 2.14. The number of hydrogen-bond acceptors (Lipinski definition) is 4. The van der Waals surface area contributed by atoms with Crippen LogP contribution in [-0.4, -0.2) is 22.0 Å². The van der Waals surface area contributed by atoms with Gasteiger partial charge in [-0.15, -0.1) is 0 Å². The lowest BCUT2D eigenvalue weighted by molar-refractivity contribution is -0.144. The van der Waals surface area contributed by atoms with Gasteiger partial charge in [0.05, 0.1) is 11.4 Å². The first-order valence-electron chi connectivity index (χ1n) is 6.56. The molecule has 0 saturated heterocycles. The minimum atomic E-state index is -4.53. The molecule has 2 aromatic rings. The number of pyridine rings is 1. The van der Waals surface area contributed by atoms with E-state index in [0.717, 1.165) is 24.2 Å².